The summed E-state index contributed by atoms with van der Waals surface area (Å²) in [5.41, 5.74) is 13.3. The van der Waals surface area contributed by atoms with Crippen LogP contribution in [0.15, 0.2) is 24.3 Å². The van der Waals surface area contributed by atoms with Gasteiger partial charge < -0.3 is 47.4 Å². The zero-order valence-electron chi connectivity index (χ0n) is 37.0. The molecule has 2 aromatic heterocycles. The number of piperidine rings is 2. The first kappa shape index (κ1) is 49.6. The smallest absolute Gasteiger partial charge is 0.273 e. The first-order chi connectivity index (χ1) is 30.9. The zero-order valence-corrected chi connectivity index (χ0v) is 39.3. The quantitative estimate of drug-likeness (QED) is 0.123. The number of likely N-dealkylation sites (tertiary alicyclic amines) is 1. The van der Waals surface area contributed by atoms with Crippen LogP contribution in [0, 0.1) is 0 Å². The van der Waals surface area contributed by atoms with Crippen molar-refractivity contribution in [1.29, 1.82) is 0 Å². The second-order valence-electron chi connectivity index (χ2n) is 16.7. The lowest BCUT2D eigenvalue weighted by Gasteiger charge is -2.47. The van der Waals surface area contributed by atoms with Crippen molar-refractivity contribution in [1.82, 2.24) is 50.6 Å². The third kappa shape index (κ3) is 12.7. The third-order valence-corrected chi connectivity index (χ3v) is 13.4. The van der Waals surface area contributed by atoms with Gasteiger partial charge in [0.15, 0.2) is 45.0 Å². The monoisotopic (exact) mass is 946 g/mol. The van der Waals surface area contributed by atoms with Crippen molar-refractivity contribution < 1.29 is 19.8 Å². The van der Waals surface area contributed by atoms with Crippen molar-refractivity contribution in [3.63, 3.8) is 0 Å². The predicted octanol–water partition coefficient (Wildman–Crippen LogP) is 2.74. The number of aliphatic hydroxyl groups excluding tert-OH is 2. The van der Waals surface area contributed by atoms with Crippen LogP contribution in [0.5, 0.6) is 0 Å². The maximum absolute atomic E-state index is 12.2. The molecule has 2 atom stereocenters. The Labute approximate surface area is 391 Å². The molecule has 0 unspecified atom stereocenters. The summed E-state index contributed by atoms with van der Waals surface area (Å²) in [5.74, 6) is 0.137. The molecule has 18 nitrogen and oxygen atoms in total. The number of carbonyl (C=O) groups excluding carboxylic acids is 2. The highest BCUT2D eigenvalue weighted by atomic mass is 35.5. The molecule has 3 aromatic rings. The molecule has 4 saturated heterocycles. The van der Waals surface area contributed by atoms with Gasteiger partial charge in [-0.15, -0.1) is 0 Å². The van der Waals surface area contributed by atoms with E-state index in [2.05, 4.69) is 86.4 Å². The summed E-state index contributed by atoms with van der Waals surface area (Å²) in [5, 5.41) is 27.4. The number of hydrogen-bond acceptors (Lipinski definition) is 16. The van der Waals surface area contributed by atoms with Crippen LogP contribution in [-0.2, 0) is 6.54 Å². The van der Waals surface area contributed by atoms with Crippen LogP contribution < -0.4 is 37.2 Å². The maximum atomic E-state index is 12.2. The summed E-state index contributed by atoms with van der Waals surface area (Å²) in [7, 11) is 0. The molecule has 0 saturated carbocycles. The number of carbonyl (C=O) groups is 2. The molecule has 0 bridgehead atoms. The first-order valence-corrected chi connectivity index (χ1v) is 23.7. The molecule has 0 spiro atoms. The topological polar surface area (TPSA) is 230 Å². The van der Waals surface area contributed by atoms with Crippen LogP contribution in [0.25, 0.3) is 0 Å². The molecule has 0 aliphatic carbocycles. The number of rotatable bonds is 14. The van der Waals surface area contributed by atoms with Crippen molar-refractivity contribution in [3.8, 4) is 0 Å². The van der Waals surface area contributed by atoms with Crippen LogP contribution in [0.2, 0.25) is 15.3 Å². The number of nitrogen functional groups attached to an aromatic ring is 2. The molecule has 0 radical (unpaired) electrons. The largest absolute Gasteiger partial charge is 0.395 e. The fourth-order valence-electron chi connectivity index (χ4n) is 9.29. The SMILES string of the molecule is CC[C@H]1CN(c2nc(N)c(C(=O)NCCO)nc2Cl)CCN1C1CCN(Cc2ccc(Cl)cc2)CC1.CC[C@H]1CN(c2nc(N)c(C(=O)NCCO)nc2Cl)CCN1C1CCNCC1. The summed E-state index contributed by atoms with van der Waals surface area (Å²) in [6, 6.07) is 10.1. The zero-order chi connectivity index (χ0) is 45.8. The molecule has 7 rings (SSSR count). The summed E-state index contributed by atoms with van der Waals surface area (Å²) >= 11 is 18.8. The van der Waals surface area contributed by atoms with Crippen LogP contribution >= 0.6 is 34.8 Å². The van der Waals surface area contributed by atoms with Gasteiger partial charge in [-0.3, -0.25) is 24.3 Å². The van der Waals surface area contributed by atoms with Gasteiger partial charge in [0.2, 0.25) is 0 Å². The number of piperazine rings is 2. The van der Waals surface area contributed by atoms with Gasteiger partial charge in [-0.1, -0.05) is 60.8 Å². The first-order valence-electron chi connectivity index (χ1n) is 22.6. The van der Waals surface area contributed by atoms with E-state index in [-0.39, 0.29) is 59.6 Å². The second-order valence-corrected chi connectivity index (χ2v) is 17.9. The highest BCUT2D eigenvalue weighted by molar-refractivity contribution is 6.32. The Balaban J connectivity index is 0.000000219. The summed E-state index contributed by atoms with van der Waals surface area (Å²) in [6.45, 7) is 14.6. The van der Waals surface area contributed by atoms with E-state index < -0.39 is 11.8 Å². The summed E-state index contributed by atoms with van der Waals surface area (Å²) in [4.78, 5) is 53.6. The number of nitrogens with zero attached hydrogens (tertiary/aromatic N) is 9. The van der Waals surface area contributed by atoms with Gasteiger partial charge >= 0.3 is 0 Å². The number of benzene rings is 1. The molecule has 352 valence electrons. The number of nitrogens with one attached hydrogen (secondary N) is 3. The lowest BCUT2D eigenvalue weighted by molar-refractivity contribution is 0.0610. The third-order valence-electron chi connectivity index (χ3n) is 12.7. The van der Waals surface area contributed by atoms with E-state index in [4.69, 9.17) is 56.5 Å². The Bertz CT molecular complexity index is 1990. The highest BCUT2D eigenvalue weighted by Crippen LogP contribution is 2.31. The normalized spacial score (nSPS) is 20.7. The minimum atomic E-state index is -0.499. The number of anilines is 4. The molecule has 4 aliphatic rings. The van der Waals surface area contributed by atoms with E-state index in [1.807, 2.05) is 12.1 Å². The fraction of sp³-hybridized carbons (Fsp3) is 0.628. The van der Waals surface area contributed by atoms with Crippen LogP contribution in [0.3, 0.4) is 0 Å². The fourth-order valence-corrected chi connectivity index (χ4v) is 9.91. The van der Waals surface area contributed by atoms with E-state index in [9.17, 15) is 9.59 Å². The summed E-state index contributed by atoms with van der Waals surface area (Å²) in [6.07, 6.45) is 6.72. The Hall–Kier alpha value is -3.85. The molecular weight excluding hydrogens is 883 g/mol. The standard InChI is InChI=1S/C25H35Cl2N7O2.C18H30ClN7O2/c1-2-19-16-33(24-22(27)30-21(23(28)31-24)25(36)29-9-14-35)12-13-34(19)20-7-10-32(11-8-20)15-17-3-5-18(26)6-4-17;1-2-12-11-25(8-9-26(12)13-3-5-21-6-4-13)17-15(19)23-14(16(20)24-17)18(28)22-7-10-27/h3-6,19-20,35H,2,7-16H2,1H3,(H2,28,31)(H,29,36);12-13,21,27H,2-11H2,1H3,(H2,20,24)(H,22,28)/t19-;12-/m00/s1. The molecular formula is C43H65Cl3N14O4. The van der Waals surface area contributed by atoms with Crippen LogP contribution in [0.4, 0.5) is 23.3 Å². The van der Waals surface area contributed by atoms with Crippen molar-refractivity contribution >= 4 is 69.9 Å². The highest BCUT2D eigenvalue weighted by Gasteiger charge is 2.36. The van der Waals surface area contributed by atoms with Gasteiger partial charge in [0.1, 0.15) is 0 Å². The molecule has 21 heteroatoms. The molecule has 6 heterocycles. The Kier molecular flexibility index (Phi) is 18.6. The van der Waals surface area contributed by atoms with E-state index in [0.717, 1.165) is 103 Å². The van der Waals surface area contributed by atoms with E-state index in [0.29, 0.717) is 35.8 Å². The minimum absolute atomic E-state index is 0.0115. The lowest BCUT2D eigenvalue weighted by atomic mass is 9.98. The van der Waals surface area contributed by atoms with E-state index in [1.54, 1.807) is 0 Å². The van der Waals surface area contributed by atoms with Crippen LogP contribution in [-0.4, -0.2) is 173 Å². The number of hydrogen-bond donors (Lipinski definition) is 7. The lowest BCUT2D eigenvalue weighted by Crippen LogP contribution is -2.58. The average Bonchev–Trinajstić information content (AvgIpc) is 3.32. The number of aliphatic hydroxyl groups is 2. The van der Waals surface area contributed by atoms with Gasteiger partial charge in [0, 0.05) is 88.1 Å². The average molecular weight is 948 g/mol. The van der Waals surface area contributed by atoms with Crippen LogP contribution in [0.1, 0.15) is 78.9 Å². The molecule has 9 N–H and O–H groups in total. The van der Waals surface area contributed by atoms with Gasteiger partial charge in [0.25, 0.3) is 11.8 Å². The minimum Gasteiger partial charge on any atom is -0.395 e. The van der Waals surface area contributed by atoms with Gasteiger partial charge in [-0.25, -0.2) is 19.9 Å². The maximum Gasteiger partial charge on any atom is 0.273 e. The van der Waals surface area contributed by atoms with E-state index in [1.165, 1.54) is 18.4 Å². The van der Waals surface area contributed by atoms with Gasteiger partial charge in [0.05, 0.1) is 13.2 Å². The number of halogens is 3. The Morgan fingerprint density at radius 3 is 1.58 bits per heavy atom. The molecule has 64 heavy (non-hydrogen) atoms. The molecule has 1 aromatic carbocycles. The molecule has 4 aliphatic heterocycles. The molecule has 4 fully saturated rings. The van der Waals surface area contributed by atoms with Crippen molar-refractivity contribution in [2.45, 2.75) is 83.1 Å². The number of amides is 2. The van der Waals surface area contributed by atoms with E-state index >= 15 is 0 Å². The Morgan fingerprint density at radius 1 is 0.688 bits per heavy atom. The second kappa shape index (κ2) is 24.1. The van der Waals surface area contributed by atoms with Gasteiger partial charge in [-0.05, 0) is 82.4 Å². The molecule has 2 amide bonds. The van der Waals surface area contributed by atoms with Crippen molar-refractivity contribution in [2.24, 2.45) is 0 Å². The number of aromatic nitrogens is 4. The Morgan fingerprint density at radius 2 is 1.14 bits per heavy atom. The van der Waals surface area contributed by atoms with Crippen molar-refractivity contribution in [2.75, 3.05) is 113 Å². The summed E-state index contributed by atoms with van der Waals surface area (Å²) < 4.78 is 0. The predicted molar refractivity (Wildman–Crippen MR) is 253 cm³/mol. The van der Waals surface area contributed by atoms with Crippen molar-refractivity contribution in [3.05, 3.63) is 56.5 Å². The van der Waals surface area contributed by atoms with Gasteiger partial charge in [-0.2, -0.15) is 0 Å². The number of nitrogens with two attached hydrogens (primary N) is 2.